The molecule has 0 N–H and O–H groups in total. The van der Waals surface area contributed by atoms with Crippen molar-refractivity contribution < 1.29 is 28.6 Å². The Bertz CT molecular complexity index is 1030. The molecule has 0 fully saturated rings. The molecule has 0 unspecified atom stereocenters. The van der Waals surface area contributed by atoms with Crippen LogP contribution < -0.4 is 0 Å². The van der Waals surface area contributed by atoms with E-state index >= 15 is 0 Å². The highest BCUT2D eigenvalue weighted by Gasteiger charge is 2.19. The molecule has 0 amide bonds. The van der Waals surface area contributed by atoms with Crippen molar-refractivity contribution in [3.8, 4) is 0 Å². The standard InChI is InChI=1S/C55H100O6/c1-4-7-10-13-16-19-22-24-26-27-29-30-33-36-39-42-45-48-54(57)60-51-52(50-59-53(56)47-44-41-38-35-32-21-18-15-12-9-6-3)61-55(58)49-46-43-40-37-34-31-28-25-23-20-17-14-11-8-5-2/h16,19-20,23-24,26,52H,4-15,17-18,21-22,25,27-51H2,1-3H3/b19-16-,23-20-,26-24-/t52-/m0/s1. The summed E-state index contributed by atoms with van der Waals surface area (Å²) in [6, 6.07) is 0. The zero-order valence-corrected chi connectivity index (χ0v) is 40.7. The van der Waals surface area contributed by atoms with Gasteiger partial charge in [-0.3, -0.25) is 14.4 Å². The SMILES string of the molecule is CCCCC/C=C\C/C=C\CCCCCCCCCC(=O)OC[C@H](COC(=O)CCCCCCCCCCCCC)OC(=O)CCCCCCCCC/C=C\CCCCCC. The van der Waals surface area contributed by atoms with E-state index in [1.54, 1.807) is 0 Å². The largest absolute Gasteiger partial charge is 0.462 e. The predicted octanol–water partition coefficient (Wildman–Crippen LogP) is 17.3. The number of hydrogen-bond acceptors (Lipinski definition) is 6. The predicted molar refractivity (Wildman–Crippen MR) is 261 cm³/mol. The number of carbonyl (C=O) groups excluding carboxylic acids is 3. The lowest BCUT2D eigenvalue weighted by atomic mass is 10.1. The summed E-state index contributed by atoms with van der Waals surface area (Å²) in [4.78, 5) is 38.0. The fourth-order valence-electron chi connectivity index (χ4n) is 7.59. The van der Waals surface area contributed by atoms with E-state index in [2.05, 4.69) is 57.2 Å². The Morgan fingerprint density at radius 1 is 0.328 bits per heavy atom. The van der Waals surface area contributed by atoms with Crippen molar-refractivity contribution in [2.75, 3.05) is 13.2 Å². The Morgan fingerprint density at radius 2 is 0.590 bits per heavy atom. The van der Waals surface area contributed by atoms with Crippen LogP contribution in [-0.2, 0) is 28.6 Å². The van der Waals surface area contributed by atoms with Crippen LogP contribution in [0.15, 0.2) is 36.5 Å². The van der Waals surface area contributed by atoms with E-state index in [4.69, 9.17) is 14.2 Å². The Labute approximate surface area is 378 Å². The van der Waals surface area contributed by atoms with Crippen LogP contribution in [0.2, 0.25) is 0 Å². The van der Waals surface area contributed by atoms with Crippen LogP contribution in [0.4, 0.5) is 0 Å². The molecule has 0 aliphatic rings. The topological polar surface area (TPSA) is 78.9 Å². The molecule has 0 saturated heterocycles. The lowest BCUT2D eigenvalue weighted by Crippen LogP contribution is -2.30. The smallest absolute Gasteiger partial charge is 0.306 e. The van der Waals surface area contributed by atoms with Crippen molar-refractivity contribution in [1.29, 1.82) is 0 Å². The van der Waals surface area contributed by atoms with E-state index < -0.39 is 6.10 Å². The molecule has 0 aromatic carbocycles. The van der Waals surface area contributed by atoms with E-state index in [9.17, 15) is 14.4 Å². The first-order valence-electron chi connectivity index (χ1n) is 26.5. The highest BCUT2D eigenvalue weighted by Crippen LogP contribution is 2.15. The van der Waals surface area contributed by atoms with Gasteiger partial charge in [0, 0.05) is 19.3 Å². The Morgan fingerprint density at radius 3 is 0.967 bits per heavy atom. The zero-order valence-electron chi connectivity index (χ0n) is 40.7. The van der Waals surface area contributed by atoms with E-state index in [1.165, 1.54) is 167 Å². The van der Waals surface area contributed by atoms with Gasteiger partial charge >= 0.3 is 17.9 Å². The first-order valence-corrected chi connectivity index (χ1v) is 26.5. The maximum absolute atomic E-state index is 12.8. The third kappa shape index (κ3) is 48.5. The number of hydrogen-bond donors (Lipinski definition) is 0. The van der Waals surface area contributed by atoms with Gasteiger partial charge in [0.1, 0.15) is 13.2 Å². The van der Waals surface area contributed by atoms with Gasteiger partial charge in [-0.2, -0.15) is 0 Å². The van der Waals surface area contributed by atoms with Gasteiger partial charge in [0.05, 0.1) is 0 Å². The molecule has 0 aromatic heterocycles. The molecular weight excluding hydrogens is 757 g/mol. The molecule has 0 bridgehead atoms. The minimum absolute atomic E-state index is 0.0735. The summed E-state index contributed by atoms with van der Waals surface area (Å²) in [5.41, 5.74) is 0. The summed E-state index contributed by atoms with van der Waals surface area (Å²) in [5, 5.41) is 0. The van der Waals surface area contributed by atoms with E-state index in [0.717, 1.165) is 70.6 Å². The Kier molecular flexibility index (Phi) is 48.3. The molecule has 6 nitrogen and oxygen atoms in total. The average molecular weight is 857 g/mol. The summed E-state index contributed by atoms with van der Waals surface area (Å²) >= 11 is 0. The van der Waals surface area contributed by atoms with Crippen LogP contribution in [0.3, 0.4) is 0 Å². The summed E-state index contributed by atoms with van der Waals surface area (Å²) < 4.78 is 16.8. The van der Waals surface area contributed by atoms with Crippen molar-refractivity contribution in [3.63, 3.8) is 0 Å². The van der Waals surface area contributed by atoms with Gasteiger partial charge in [-0.15, -0.1) is 0 Å². The fraction of sp³-hybridized carbons (Fsp3) is 0.836. The molecule has 0 radical (unpaired) electrons. The Balaban J connectivity index is 4.35. The highest BCUT2D eigenvalue weighted by molar-refractivity contribution is 5.71. The molecule has 61 heavy (non-hydrogen) atoms. The van der Waals surface area contributed by atoms with Crippen molar-refractivity contribution in [2.24, 2.45) is 0 Å². The monoisotopic (exact) mass is 857 g/mol. The number of esters is 3. The van der Waals surface area contributed by atoms with Crippen LogP contribution in [0, 0.1) is 0 Å². The van der Waals surface area contributed by atoms with Gasteiger partial charge in [-0.05, 0) is 77.0 Å². The summed E-state index contributed by atoms with van der Waals surface area (Å²) in [6.45, 7) is 6.60. The molecule has 0 rings (SSSR count). The van der Waals surface area contributed by atoms with Crippen molar-refractivity contribution in [3.05, 3.63) is 36.5 Å². The first-order chi connectivity index (χ1) is 30.0. The van der Waals surface area contributed by atoms with Crippen LogP contribution in [0.1, 0.15) is 278 Å². The second-order valence-corrected chi connectivity index (χ2v) is 17.8. The van der Waals surface area contributed by atoms with Crippen LogP contribution >= 0.6 is 0 Å². The van der Waals surface area contributed by atoms with Gasteiger partial charge < -0.3 is 14.2 Å². The highest BCUT2D eigenvalue weighted by atomic mass is 16.6. The molecule has 0 aromatic rings. The van der Waals surface area contributed by atoms with Gasteiger partial charge in [-0.25, -0.2) is 0 Å². The summed E-state index contributed by atoms with van der Waals surface area (Å²) in [5.74, 6) is -0.876. The third-order valence-corrected chi connectivity index (χ3v) is 11.6. The van der Waals surface area contributed by atoms with Crippen LogP contribution in [-0.4, -0.2) is 37.2 Å². The maximum Gasteiger partial charge on any atom is 0.306 e. The molecule has 0 spiro atoms. The van der Waals surface area contributed by atoms with E-state index in [0.29, 0.717) is 19.3 Å². The molecular formula is C55H100O6. The lowest BCUT2D eigenvalue weighted by molar-refractivity contribution is -0.167. The Hall–Kier alpha value is -2.37. The van der Waals surface area contributed by atoms with Crippen LogP contribution in [0.5, 0.6) is 0 Å². The number of unbranched alkanes of at least 4 members (excludes halogenated alkanes) is 31. The molecule has 0 saturated carbocycles. The van der Waals surface area contributed by atoms with Crippen molar-refractivity contribution in [2.45, 2.75) is 284 Å². The van der Waals surface area contributed by atoms with Crippen molar-refractivity contribution in [1.82, 2.24) is 0 Å². The van der Waals surface area contributed by atoms with Crippen molar-refractivity contribution >= 4 is 17.9 Å². The molecule has 0 aliphatic heterocycles. The fourth-order valence-corrected chi connectivity index (χ4v) is 7.59. The quantitative estimate of drug-likeness (QED) is 0.0262. The third-order valence-electron chi connectivity index (χ3n) is 11.6. The van der Waals surface area contributed by atoms with Gasteiger partial charge in [0.25, 0.3) is 0 Å². The van der Waals surface area contributed by atoms with E-state index in [1.807, 2.05) is 0 Å². The van der Waals surface area contributed by atoms with Crippen LogP contribution in [0.25, 0.3) is 0 Å². The van der Waals surface area contributed by atoms with E-state index in [-0.39, 0.29) is 31.1 Å². The second-order valence-electron chi connectivity index (χ2n) is 17.8. The minimum Gasteiger partial charge on any atom is -0.462 e. The molecule has 0 heterocycles. The normalized spacial score (nSPS) is 12.2. The molecule has 356 valence electrons. The number of allylic oxidation sites excluding steroid dienone is 6. The molecule has 6 heteroatoms. The lowest BCUT2D eigenvalue weighted by Gasteiger charge is -2.18. The van der Waals surface area contributed by atoms with Gasteiger partial charge in [-0.1, -0.05) is 218 Å². The van der Waals surface area contributed by atoms with Gasteiger partial charge in [0.15, 0.2) is 6.10 Å². The zero-order chi connectivity index (χ0) is 44.4. The minimum atomic E-state index is -0.773. The number of rotatable bonds is 48. The maximum atomic E-state index is 12.8. The summed E-state index contributed by atoms with van der Waals surface area (Å²) in [7, 11) is 0. The second kappa shape index (κ2) is 50.3. The number of ether oxygens (including phenoxy) is 3. The van der Waals surface area contributed by atoms with Gasteiger partial charge in [0.2, 0.25) is 0 Å². The molecule has 1 atom stereocenters. The number of carbonyl (C=O) groups is 3. The average Bonchev–Trinajstić information content (AvgIpc) is 3.26. The first kappa shape index (κ1) is 58.6. The summed E-state index contributed by atoms with van der Waals surface area (Å²) in [6.07, 6.45) is 58.3. The molecule has 0 aliphatic carbocycles.